The van der Waals surface area contributed by atoms with E-state index < -0.39 is 0 Å². The van der Waals surface area contributed by atoms with Crippen LogP contribution in [-0.4, -0.2) is 64.7 Å². The van der Waals surface area contributed by atoms with Gasteiger partial charge in [0.05, 0.1) is 38.9 Å². The predicted octanol–water partition coefficient (Wildman–Crippen LogP) is 5.50. The quantitative estimate of drug-likeness (QED) is 0.301. The third-order valence-corrected chi connectivity index (χ3v) is 6.31. The molecule has 0 fully saturated rings. The highest BCUT2D eigenvalue weighted by atomic mass is 35.5. The van der Waals surface area contributed by atoms with Gasteiger partial charge in [-0.2, -0.15) is 0 Å². The van der Waals surface area contributed by atoms with Crippen molar-refractivity contribution >= 4 is 28.9 Å². The van der Waals surface area contributed by atoms with Gasteiger partial charge in [-0.15, -0.1) is 0 Å². The minimum absolute atomic E-state index is 0.191. The third-order valence-electron chi connectivity index (χ3n) is 5.75. The number of nitrogens with zero attached hydrogens (tertiary/aromatic N) is 1. The standard InChI is InChI=1S/C27H37Cl2N3O3/c1-4-9-33-11-13-35-14-12-34-10-8-30-20(2)31-23-7-5-6-21(15-23)25-18-32(3)19-26-24(25)16-22(28)17-27(26)29/h5-7,15-17,25,30-31H,2,4,8-14,18-19H2,1,3H3. The van der Waals surface area contributed by atoms with Crippen LogP contribution < -0.4 is 10.6 Å². The number of halogens is 2. The van der Waals surface area contributed by atoms with Crippen molar-refractivity contribution < 1.29 is 14.2 Å². The predicted molar refractivity (Wildman–Crippen MR) is 145 cm³/mol. The van der Waals surface area contributed by atoms with Gasteiger partial charge < -0.3 is 29.7 Å². The van der Waals surface area contributed by atoms with Crippen LogP contribution in [0.5, 0.6) is 0 Å². The van der Waals surface area contributed by atoms with Crippen LogP contribution in [0.2, 0.25) is 10.0 Å². The van der Waals surface area contributed by atoms with Crippen molar-refractivity contribution in [3.05, 3.63) is 75.5 Å². The van der Waals surface area contributed by atoms with Crippen LogP contribution in [0.15, 0.2) is 48.8 Å². The Morgan fingerprint density at radius 1 is 1.03 bits per heavy atom. The highest BCUT2D eigenvalue weighted by Gasteiger charge is 2.27. The zero-order valence-electron chi connectivity index (χ0n) is 20.7. The Hall–Kier alpha value is -1.80. The highest BCUT2D eigenvalue weighted by molar-refractivity contribution is 6.35. The van der Waals surface area contributed by atoms with Crippen molar-refractivity contribution in [2.45, 2.75) is 25.8 Å². The molecule has 35 heavy (non-hydrogen) atoms. The molecule has 1 atom stereocenters. The van der Waals surface area contributed by atoms with Crippen molar-refractivity contribution in [2.75, 3.05) is 65.1 Å². The normalized spacial score (nSPS) is 15.6. The van der Waals surface area contributed by atoms with E-state index in [0.29, 0.717) is 44.6 Å². The molecule has 0 saturated heterocycles. The molecule has 1 unspecified atom stereocenters. The molecular formula is C27H37Cl2N3O3. The van der Waals surface area contributed by atoms with E-state index >= 15 is 0 Å². The number of ether oxygens (including phenoxy) is 3. The van der Waals surface area contributed by atoms with Crippen LogP contribution in [0, 0.1) is 0 Å². The second kappa shape index (κ2) is 14.7. The molecule has 2 aromatic carbocycles. The summed E-state index contributed by atoms with van der Waals surface area (Å²) < 4.78 is 16.4. The van der Waals surface area contributed by atoms with E-state index in [1.165, 1.54) is 11.1 Å². The van der Waals surface area contributed by atoms with E-state index in [2.05, 4.69) is 54.3 Å². The summed E-state index contributed by atoms with van der Waals surface area (Å²) >= 11 is 12.9. The summed E-state index contributed by atoms with van der Waals surface area (Å²) in [7, 11) is 2.12. The van der Waals surface area contributed by atoms with Gasteiger partial charge >= 0.3 is 0 Å². The van der Waals surface area contributed by atoms with Crippen LogP contribution in [-0.2, 0) is 20.8 Å². The number of fused-ring (bicyclic) bond motifs is 1. The SMILES string of the molecule is C=C(NCCOCCOCCOCCC)Nc1cccc(C2CN(C)Cc3c(Cl)cc(Cl)cc32)c1. The molecular weight excluding hydrogens is 485 g/mol. The van der Waals surface area contributed by atoms with Gasteiger partial charge in [0.15, 0.2) is 0 Å². The number of rotatable bonds is 15. The summed E-state index contributed by atoms with van der Waals surface area (Å²) in [5, 5.41) is 8.01. The lowest BCUT2D eigenvalue weighted by Crippen LogP contribution is -2.31. The smallest absolute Gasteiger partial charge is 0.0957 e. The monoisotopic (exact) mass is 521 g/mol. The lowest BCUT2D eigenvalue weighted by molar-refractivity contribution is 0.0155. The van der Waals surface area contributed by atoms with Crippen LogP contribution in [0.3, 0.4) is 0 Å². The Balaban J connectivity index is 1.44. The van der Waals surface area contributed by atoms with Gasteiger partial charge in [-0.3, -0.25) is 0 Å². The van der Waals surface area contributed by atoms with Crippen LogP contribution >= 0.6 is 23.2 Å². The van der Waals surface area contributed by atoms with Gasteiger partial charge in [0, 0.05) is 47.9 Å². The van der Waals surface area contributed by atoms with Gasteiger partial charge in [-0.1, -0.05) is 48.8 Å². The first kappa shape index (κ1) is 27.8. The van der Waals surface area contributed by atoms with Crippen molar-refractivity contribution in [3.8, 4) is 0 Å². The molecule has 0 aliphatic carbocycles. The summed E-state index contributed by atoms with van der Waals surface area (Å²) in [5.41, 5.74) is 4.53. The Morgan fingerprint density at radius 2 is 1.74 bits per heavy atom. The van der Waals surface area contributed by atoms with Gasteiger partial charge in [0.1, 0.15) is 0 Å². The fraction of sp³-hybridized carbons (Fsp3) is 0.481. The lowest BCUT2D eigenvalue weighted by Gasteiger charge is -2.33. The van der Waals surface area contributed by atoms with Crippen LogP contribution in [0.4, 0.5) is 5.69 Å². The molecule has 0 radical (unpaired) electrons. The Kier molecular flexibility index (Phi) is 11.7. The minimum Gasteiger partial charge on any atom is -0.379 e. The summed E-state index contributed by atoms with van der Waals surface area (Å²) in [6, 6.07) is 12.3. The first-order chi connectivity index (χ1) is 17.0. The van der Waals surface area contributed by atoms with Gasteiger partial charge in [0.25, 0.3) is 0 Å². The second-order valence-corrected chi connectivity index (χ2v) is 9.54. The zero-order valence-corrected chi connectivity index (χ0v) is 22.3. The number of hydrogen-bond acceptors (Lipinski definition) is 6. The summed E-state index contributed by atoms with van der Waals surface area (Å²) in [5.74, 6) is 0.916. The Labute approximate surface area is 219 Å². The first-order valence-electron chi connectivity index (χ1n) is 12.2. The van der Waals surface area contributed by atoms with Crippen LogP contribution in [0.25, 0.3) is 0 Å². The molecule has 0 amide bonds. The fourth-order valence-electron chi connectivity index (χ4n) is 4.14. The Bertz CT molecular complexity index is 957. The van der Waals surface area contributed by atoms with Crippen molar-refractivity contribution in [3.63, 3.8) is 0 Å². The maximum absolute atomic E-state index is 6.52. The number of anilines is 1. The molecule has 1 aliphatic heterocycles. The molecule has 0 aromatic heterocycles. The third kappa shape index (κ3) is 8.98. The highest BCUT2D eigenvalue weighted by Crippen LogP contribution is 2.38. The van der Waals surface area contributed by atoms with Crippen molar-refractivity contribution in [1.82, 2.24) is 10.2 Å². The molecule has 1 aliphatic rings. The molecule has 0 spiro atoms. The van der Waals surface area contributed by atoms with Crippen molar-refractivity contribution in [1.29, 1.82) is 0 Å². The van der Waals surface area contributed by atoms with E-state index in [1.54, 1.807) is 0 Å². The second-order valence-electron chi connectivity index (χ2n) is 8.70. The largest absolute Gasteiger partial charge is 0.379 e. The molecule has 1 heterocycles. The molecule has 3 rings (SSSR count). The maximum atomic E-state index is 6.52. The van der Waals surface area contributed by atoms with Crippen LogP contribution in [0.1, 0.15) is 36.0 Å². The number of hydrogen-bond donors (Lipinski definition) is 2. The number of nitrogens with one attached hydrogen (secondary N) is 2. The van der Waals surface area contributed by atoms with Crippen molar-refractivity contribution in [2.24, 2.45) is 0 Å². The summed E-state index contributed by atoms with van der Waals surface area (Å²) in [6.07, 6.45) is 1.03. The van der Waals surface area contributed by atoms with E-state index in [1.807, 2.05) is 18.2 Å². The van der Waals surface area contributed by atoms with E-state index in [-0.39, 0.29) is 5.92 Å². The number of benzene rings is 2. The Morgan fingerprint density at radius 3 is 2.49 bits per heavy atom. The topological polar surface area (TPSA) is 55.0 Å². The first-order valence-corrected chi connectivity index (χ1v) is 12.9. The molecule has 8 heteroatoms. The number of likely N-dealkylation sites (N-methyl/N-ethyl adjacent to an activating group) is 1. The summed E-state index contributed by atoms with van der Waals surface area (Å²) in [4.78, 5) is 2.29. The molecule has 2 aromatic rings. The van der Waals surface area contributed by atoms with Gasteiger partial charge in [-0.05, 0) is 54.4 Å². The van der Waals surface area contributed by atoms with Gasteiger partial charge in [0.2, 0.25) is 0 Å². The average molecular weight is 523 g/mol. The van der Waals surface area contributed by atoms with E-state index in [0.717, 1.165) is 48.2 Å². The van der Waals surface area contributed by atoms with E-state index in [9.17, 15) is 0 Å². The summed E-state index contributed by atoms with van der Waals surface area (Å²) in [6.45, 7) is 12.3. The molecule has 2 N–H and O–H groups in total. The average Bonchev–Trinajstić information content (AvgIpc) is 2.83. The van der Waals surface area contributed by atoms with Gasteiger partial charge in [-0.25, -0.2) is 0 Å². The molecule has 192 valence electrons. The molecule has 6 nitrogen and oxygen atoms in total. The lowest BCUT2D eigenvalue weighted by atomic mass is 9.84. The van der Waals surface area contributed by atoms with E-state index in [4.69, 9.17) is 37.4 Å². The maximum Gasteiger partial charge on any atom is 0.0957 e. The fourth-order valence-corrected chi connectivity index (χ4v) is 4.71. The zero-order chi connectivity index (χ0) is 25.0. The molecule has 0 bridgehead atoms. The minimum atomic E-state index is 0.191. The molecule has 0 saturated carbocycles.